The topological polar surface area (TPSA) is 402 Å². The van der Waals surface area contributed by atoms with Crippen LogP contribution in [0.5, 0.6) is 0 Å². The van der Waals surface area contributed by atoms with Crippen LogP contribution in [-0.2, 0) is 57.5 Å². The molecule has 2 radical (unpaired) electrons. The molecule has 0 aromatic carbocycles. The van der Waals surface area contributed by atoms with Crippen molar-refractivity contribution in [2.24, 2.45) is 0 Å². The summed E-state index contributed by atoms with van der Waals surface area (Å²) in [5, 5.41) is 0. The van der Waals surface area contributed by atoms with Gasteiger partial charge in [0, 0.05) is 5.48 Å². The van der Waals surface area contributed by atoms with Crippen LogP contribution in [-0.4, -0.2) is 198 Å². The van der Waals surface area contributed by atoms with Gasteiger partial charge in [-0.15, -0.1) is 0 Å². The van der Waals surface area contributed by atoms with E-state index in [1.54, 1.807) is 0 Å². The molecule has 0 amide bonds. The molecule has 0 bridgehead atoms. The molecule has 186 valence electrons. The Morgan fingerprint density at radius 3 is 0.300 bits per heavy atom. The largest absolute Gasteiger partial charge is 0 e. The van der Waals surface area contributed by atoms with Crippen molar-refractivity contribution >= 4 is 162 Å². The third-order valence-corrected chi connectivity index (χ3v) is 0. The first kappa shape index (κ1) is 63.8. The Hall–Kier alpha value is 2.89. The Morgan fingerprint density at radius 2 is 0.300 bits per heavy atom. The molecule has 21 nitrogen and oxygen atoms in total. The van der Waals surface area contributed by atoms with Crippen molar-refractivity contribution in [2.75, 3.05) is 0 Å². The molecule has 30 heteroatoms. The van der Waals surface area contributed by atoms with Gasteiger partial charge in [0.2, 0.25) is 0 Å². The van der Waals surface area contributed by atoms with Crippen LogP contribution in [0.25, 0.3) is 0 Å². The van der Waals surface area contributed by atoms with E-state index in [0.717, 1.165) is 0 Å². The van der Waals surface area contributed by atoms with Gasteiger partial charge in [-0.25, -0.2) is 0 Å². The zero-order chi connectivity index (χ0) is 22.5. The maximum Gasteiger partial charge on any atom is 0 e. The fraction of sp³-hybridized carbons (Fsp3) is 0. The summed E-state index contributed by atoms with van der Waals surface area (Å²) in [7, 11) is -23.3. The number of hydrogen-bond donors (Lipinski definition) is 10. The van der Waals surface area contributed by atoms with Crippen LogP contribution in [0.3, 0.4) is 0 Å². The quantitative estimate of drug-likeness (QED) is 0.0859. The van der Waals surface area contributed by atoms with Crippen molar-refractivity contribution in [3.63, 3.8) is 0 Å². The molecule has 0 aromatic rings. The van der Waals surface area contributed by atoms with Crippen LogP contribution in [0, 0.1) is 0 Å². The number of rotatable bonds is 0. The third-order valence-electron chi connectivity index (χ3n) is 0. The molecule has 0 aliphatic heterocycles. The van der Waals surface area contributed by atoms with Crippen molar-refractivity contribution in [1.29, 1.82) is 0 Å². The predicted octanol–water partition coefficient (Wildman–Crippen LogP) is -7.58. The third kappa shape index (κ3) is 3300. The van der Waals surface area contributed by atoms with E-state index in [0.29, 0.717) is 0 Å². The molecule has 0 atom stereocenters. The fourth-order valence-corrected chi connectivity index (χ4v) is 0. The van der Waals surface area contributed by atoms with Gasteiger partial charge in [-0.05, 0) is 0 Å². The molecule has 0 fully saturated rings. The van der Waals surface area contributed by atoms with Gasteiger partial charge in [-0.1, -0.05) is 0 Å². The molecule has 0 saturated heterocycles. The van der Waals surface area contributed by atoms with Gasteiger partial charge in [-0.2, -0.15) is 42.1 Å². The van der Waals surface area contributed by atoms with Crippen LogP contribution in [0.2, 0.25) is 0 Å². The summed E-state index contributed by atoms with van der Waals surface area (Å²) >= 11 is 0. The molecule has 0 unspecified atom stereocenters. The van der Waals surface area contributed by atoms with E-state index in [1.807, 2.05) is 0 Å². The van der Waals surface area contributed by atoms with E-state index in [9.17, 15) is 0 Å². The molecule has 0 aliphatic rings. The molecule has 0 aliphatic carbocycles. The SMILES string of the molecule is O=S(=O)(O)O.O=S(=O)(O)O.O=S(=O)(O)O.O=S(=O)(O)O.O=S(=O)(O)O.[AlH3].[AlH3].[CaH2].[CaH2].[O]. The van der Waals surface area contributed by atoms with E-state index < -0.39 is 52.0 Å². The van der Waals surface area contributed by atoms with E-state index in [1.165, 1.54) is 0 Å². The van der Waals surface area contributed by atoms with Crippen LogP contribution >= 0.6 is 0 Å². The van der Waals surface area contributed by atoms with Crippen molar-refractivity contribution in [3.8, 4) is 0 Å². The molecule has 0 rings (SSSR count). The van der Waals surface area contributed by atoms with Crippen LogP contribution < -0.4 is 0 Å². The maximum atomic E-state index is 8.74. The minimum atomic E-state index is -4.67. The molecule has 0 aromatic heterocycles. The second-order valence-electron chi connectivity index (χ2n) is 2.24. The minimum absolute atomic E-state index is 0. The Morgan fingerprint density at radius 1 is 0.300 bits per heavy atom. The minimum Gasteiger partial charge on any atom is 0 e. The summed E-state index contributed by atoms with van der Waals surface area (Å²) in [5.74, 6) is 0. The van der Waals surface area contributed by atoms with Gasteiger partial charge in [0.15, 0.2) is 34.7 Å². The first-order chi connectivity index (χ1) is 10.0. The van der Waals surface area contributed by atoms with Crippen LogP contribution in [0.1, 0.15) is 0 Å². The zero-order valence-electron chi connectivity index (χ0n) is 11.0. The summed E-state index contributed by atoms with van der Waals surface area (Å²) in [6.07, 6.45) is 0. The van der Waals surface area contributed by atoms with E-state index in [2.05, 4.69) is 0 Å². The van der Waals surface area contributed by atoms with Crippen molar-refractivity contribution < 1.29 is 93.1 Å². The molecular formula is H20Al2Ca2O21S5. The first-order valence-electron chi connectivity index (χ1n) is 3.49. The smallest absolute Gasteiger partial charge is 0 e. The van der Waals surface area contributed by atoms with E-state index >= 15 is 0 Å². The second-order valence-corrected chi connectivity index (χ2v) is 6.72. The molecular weight excluding hydrogens is 630 g/mol. The Kier molecular flexibility index (Phi) is 59.9. The van der Waals surface area contributed by atoms with E-state index in [4.69, 9.17) is 87.6 Å². The standard InChI is InChI=1S/2Al.2Ca.5H2O4S.O.10H/c;;;;5*1-5(2,3)4;;;;;;;;;;;/h;;;;5*(H2,1,2,3,4);;;;;;;;;;;. The summed E-state index contributed by atoms with van der Waals surface area (Å²) in [4.78, 5) is 0. The van der Waals surface area contributed by atoms with Gasteiger partial charge >= 0.3 is 127 Å². The fourth-order valence-electron chi connectivity index (χ4n) is 0. The number of hydrogen-bond acceptors (Lipinski definition) is 10. The summed E-state index contributed by atoms with van der Waals surface area (Å²) in [6.45, 7) is 0. The van der Waals surface area contributed by atoms with Crippen molar-refractivity contribution in [1.82, 2.24) is 0 Å². The van der Waals surface area contributed by atoms with Crippen LogP contribution in [0.15, 0.2) is 0 Å². The monoisotopic (exact) mass is 650 g/mol. The Labute approximate surface area is 251 Å². The summed E-state index contributed by atoms with van der Waals surface area (Å²) < 4.78 is 158. The molecule has 0 saturated carbocycles. The van der Waals surface area contributed by atoms with Crippen molar-refractivity contribution in [2.45, 2.75) is 0 Å². The van der Waals surface area contributed by atoms with Gasteiger partial charge in [0.25, 0.3) is 0 Å². The second kappa shape index (κ2) is 28.1. The Bertz CT molecular complexity index is 630. The first-order valence-corrected chi connectivity index (χ1v) is 10.5. The summed E-state index contributed by atoms with van der Waals surface area (Å²) in [6, 6.07) is 0. The van der Waals surface area contributed by atoms with Gasteiger partial charge in [0.1, 0.15) is 0 Å². The van der Waals surface area contributed by atoms with E-state index in [-0.39, 0.29) is 116 Å². The molecule has 0 spiro atoms. The van der Waals surface area contributed by atoms with Gasteiger partial charge in [0.05, 0.1) is 0 Å². The molecule has 0 heterocycles. The predicted molar refractivity (Wildman–Crippen MR) is 109 cm³/mol. The maximum absolute atomic E-state index is 8.74. The molecule has 10 N–H and O–H groups in total. The average molecular weight is 651 g/mol. The summed E-state index contributed by atoms with van der Waals surface area (Å²) in [5.41, 5.74) is 0. The zero-order valence-corrected chi connectivity index (χ0v) is 15.1. The van der Waals surface area contributed by atoms with Gasteiger partial charge in [-0.3, -0.25) is 45.5 Å². The van der Waals surface area contributed by atoms with Gasteiger partial charge < -0.3 is 0 Å². The Balaban J connectivity index is -0.0000000200. The molecule has 30 heavy (non-hydrogen) atoms. The van der Waals surface area contributed by atoms with Crippen LogP contribution in [0.4, 0.5) is 0 Å². The average Bonchev–Trinajstić information content (AvgIpc) is 1.79. The van der Waals surface area contributed by atoms with Crippen molar-refractivity contribution in [3.05, 3.63) is 0 Å². The normalized spacial score (nSPS) is 9.67.